The highest BCUT2D eigenvalue weighted by molar-refractivity contribution is 8.00. The van der Waals surface area contributed by atoms with E-state index in [4.69, 9.17) is 4.74 Å². The van der Waals surface area contributed by atoms with Crippen molar-refractivity contribution in [2.45, 2.75) is 18.7 Å². The Bertz CT molecular complexity index is 790. The predicted molar refractivity (Wildman–Crippen MR) is 110 cm³/mol. The van der Waals surface area contributed by atoms with Crippen molar-refractivity contribution in [3.63, 3.8) is 0 Å². The summed E-state index contributed by atoms with van der Waals surface area (Å²) in [6.07, 6.45) is 0. The quantitative estimate of drug-likeness (QED) is 0.515. The number of amides is 2. The Morgan fingerprint density at radius 2 is 1.61 bits per heavy atom. The van der Waals surface area contributed by atoms with E-state index in [1.54, 1.807) is 29.2 Å². The van der Waals surface area contributed by atoms with E-state index >= 15 is 0 Å². The van der Waals surface area contributed by atoms with Gasteiger partial charge in [-0.25, -0.2) is 0 Å². The molecule has 7 heteroatoms. The molecule has 0 saturated heterocycles. The van der Waals surface area contributed by atoms with Crippen molar-refractivity contribution in [1.82, 2.24) is 4.90 Å². The molecular weight excluding hydrogens is 376 g/mol. The summed E-state index contributed by atoms with van der Waals surface area (Å²) in [5.74, 6) is -0.794. The first-order valence-corrected chi connectivity index (χ1v) is 10.0. The maximum absolute atomic E-state index is 12.3. The first-order valence-electron chi connectivity index (χ1n) is 9.06. The molecule has 0 bridgehead atoms. The van der Waals surface area contributed by atoms with Gasteiger partial charge in [0.05, 0.1) is 5.75 Å². The first kappa shape index (κ1) is 21.5. The number of esters is 1. The molecule has 0 radical (unpaired) electrons. The lowest BCUT2D eigenvalue weighted by Gasteiger charge is -2.18. The van der Waals surface area contributed by atoms with E-state index in [0.29, 0.717) is 24.3 Å². The van der Waals surface area contributed by atoms with Crippen molar-refractivity contribution in [3.05, 3.63) is 60.2 Å². The Morgan fingerprint density at radius 1 is 0.964 bits per heavy atom. The number of carbonyl (C=O) groups is 3. The normalized spacial score (nSPS) is 10.2. The Balaban J connectivity index is 1.76. The van der Waals surface area contributed by atoms with Crippen molar-refractivity contribution >= 4 is 35.2 Å². The van der Waals surface area contributed by atoms with E-state index in [1.807, 2.05) is 44.2 Å². The summed E-state index contributed by atoms with van der Waals surface area (Å²) in [7, 11) is 0. The third-order valence-corrected chi connectivity index (χ3v) is 4.92. The van der Waals surface area contributed by atoms with E-state index in [2.05, 4.69) is 5.32 Å². The van der Waals surface area contributed by atoms with Crippen LogP contribution in [0.5, 0.6) is 0 Å². The highest BCUT2D eigenvalue weighted by Gasteiger charge is 2.13. The minimum atomic E-state index is -0.454. The van der Waals surface area contributed by atoms with Gasteiger partial charge in [-0.15, -0.1) is 11.8 Å². The van der Waals surface area contributed by atoms with Crippen molar-refractivity contribution in [2.24, 2.45) is 0 Å². The van der Waals surface area contributed by atoms with Gasteiger partial charge < -0.3 is 15.0 Å². The van der Waals surface area contributed by atoms with Gasteiger partial charge in [0, 0.05) is 29.2 Å². The lowest BCUT2D eigenvalue weighted by atomic mass is 10.2. The Hall–Kier alpha value is -2.80. The number of hydrogen-bond acceptors (Lipinski definition) is 5. The molecule has 0 heterocycles. The van der Waals surface area contributed by atoms with E-state index in [9.17, 15) is 14.4 Å². The number of rotatable bonds is 9. The van der Waals surface area contributed by atoms with Crippen molar-refractivity contribution < 1.29 is 19.1 Å². The standard InChI is InChI=1S/C21H24N2O4S/c1-3-23(4-2)21(26)16-10-12-17(13-11-16)22-19(24)14-27-20(25)15-28-18-8-6-5-7-9-18/h5-13H,3-4,14-15H2,1-2H3,(H,22,24). The van der Waals surface area contributed by atoms with Crippen LogP contribution in [-0.4, -0.2) is 48.1 Å². The number of nitrogens with one attached hydrogen (secondary N) is 1. The van der Waals surface area contributed by atoms with Crippen LogP contribution in [0.2, 0.25) is 0 Å². The fraction of sp³-hybridized carbons (Fsp3) is 0.286. The molecule has 0 spiro atoms. The molecule has 0 saturated carbocycles. The summed E-state index contributed by atoms with van der Waals surface area (Å²) in [6, 6.07) is 16.1. The zero-order valence-corrected chi connectivity index (χ0v) is 16.8. The summed E-state index contributed by atoms with van der Waals surface area (Å²) in [4.78, 5) is 38.6. The highest BCUT2D eigenvalue weighted by Crippen LogP contribution is 2.17. The average molecular weight is 401 g/mol. The van der Waals surface area contributed by atoms with Crippen LogP contribution < -0.4 is 5.32 Å². The van der Waals surface area contributed by atoms with E-state index in [-0.39, 0.29) is 18.3 Å². The fourth-order valence-electron chi connectivity index (χ4n) is 2.43. The van der Waals surface area contributed by atoms with Gasteiger partial charge in [-0.1, -0.05) is 18.2 Å². The molecule has 2 rings (SSSR count). The fourth-order valence-corrected chi connectivity index (χ4v) is 3.15. The summed E-state index contributed by atoms with van der Waals surface area (Å²) >= 11 is 1.35. The van der Waals surface area contributed by atoms with Crippen LogP contribution in [0.25, 0.3) is 0 Å². The molecule has 0 aliphatic rings. The Kier molecular flexibility index (Phi) is 8.55. The number of hydrogen-bond donors (Lipinski definition) is 1. The zero-order chi connectivity index (χ0) is 20.4. The third-order valence-electron chi connectivity index (χ3n) is 3.93. The molecule has 2 aromatic carbocycles. The van der Waals surface area contributed by atoms with Crippen LogP contribution >= 0.6 is 11.8 Å². The zero-order valence-electron chi connectivity index (χ0n) is 16.0. The van der Waals surface area contributed by atoms with Crippen molar-refractivity contribution in [1.29, 1.82) is 0 Å². The molecule has 0 aliphatic heterocycles. The van der Waals surface area contributed by atoms with E-state index in [0.717, 1.165) is 4.90 Å². The maximum atomic E-state index is 12.3. The van der Waals surface area contributed by atoms with Crippen molar-refractivity contribution in [3.8, 4) is 0 Å². The molecule has 148 valence electrons. The monoisotopic (exact) mass is 400 g/mol. The molecule has 2 aromatic rings. The second-order valence-electron chi connectivity index (χ2n) is 5.87. The van der Waals surface area contributed by atoms with Crippen LogP contribution in [-0.2, 0) is 14.3 Å². The lowest BCUT2D eigenvalue weighted by Crippen LogP contribution is -2.30. The van der Waals surface area contributed by atoms with Crippen LogP contribution in [0.3, 0.4) is 0 Å². The summed E-state index contributed by atoms with van der Waals surface area (Å²) in [5.41, 5.74) is 1.10. The number of ether oxygens (including phenoxy) is 1. The van der Waals surface area contributed by atoms with Crippen molar-refractivity contribution in [2.75, 3.05) is 30.8 Å². The van der Waals surface area contributed by atoms with Gasteiger partial charge in [-0.05, 0) is 50.2 Å². The molecular formula is C21H24N2O4S. The summed E-state index contributed by atoms with van der Waals surface area (Å²) < 4.78 is 4.99. The molecule has 6 nitrogen and oxygen atoms in total. The first-order chi connectivity index (χ1) is 13.5. The van der Waals surface area contributed by atoms with E-state index in [1.165, 1.54) is 11.8 Å². The number of thioether (sulfide) groups is 1. The van der Waals surface area contributed by atoms with Crippen LogP contribution in [0, 0.1) is 0 Å². The minimum Gasteiger partial charge on any atom is -0.455 e. The van der Waals surface area contributed by atoms with E-state index < -0.39 is 11.9 Å². The molecule has 28 heavy (non-hydrogen) atoms. The van der Waals surface area contributed by atoms with Crippen LogP contribution in [0.1, 0.15) is 24.2 Å². The molecule has 0 unspecified atom stereocenters. The van der Waals surface area contributed by atoms with Gasteiger partial charge in [0.2, 0.25) is 0 Å². The number of carbonyl (C=O) groups excluding carboxylic acids is 3. The van der Waals surface area contributed by atoms with Gasteiger partial charge in [0.1, 0.15) is 0 Å². The largest absolute Gasteiger partial charge is 0.455 e. The SMILES string of the molecule is CCN(CC)C(=O)c1ccc(NC(=O)COC(=O)CSc2ccccc2)cc1. The van der Waals surface area contributed by atoms with Gasteiger partial charge in [-0.2, -0.15) is 0 Å². The Labute approximate surface area is 169 Å². The topological polar surface area (TPSA) is 75.7 Å². The van der Waals surface area contributed by atoms with Gasteiger partial charge in [-0.3, -0.25) is 14.4 Å². The molecule has 1 N–H and O–H groups in total. The number of benzene rings is 2. The van der Waals surface area contributed by atoms with Crippen LogP contribution in [0.4, 0.5) is 5.69 Å². The van der Waals surface area contributed by atoms with Crippen LogP contribution in [0.15, 0.2) is 59.5 Å². The minimum absolute atomic E-state index is 0.0484. The lowest BCUT2D eigenvalue weighted by molar-refractivity contribution is -0.144. The van der Waals surface area contributed by atoms with Gasteiger partial charge in [0.15, 0.2) is 6.61 Å². The van der Waals surface area contributed by atoms with Gasteiger partial charge >= 0.3 is 5.97 Å². The number of anilines is 1. The smallest absolute Gasteiger partial charge is 0.316 e. The molecule has 0 atom stereocenters. The molecule has 0 aliphatic carbocycles. The Morgan fingerprint density at radius 3 is 2.21 bits per heavy atom. The average Bonchev–Trinajstić information content (AvgIpc) is 2.73. The second-order valence-corrected chi connectivity index (χ2v) is 6.91. The van der Waals surface area contributed by atoms with Gasteiger partial charge in [0.25, 0.3) is 11.8 Å². The predicted octanol–water partition coefficient (Wildman–Crippen LogP) is 3.44. The number of nitrogens with zero attached hydrogens (tertiary/aromatic N) is 1. The molecule has 2 amide bonds. The maximum Gasteiger partial charge on any atom is 0.316 e. The third kappa shape index (κ3) is 6.74. The summed E-state index contributed by atoms with van der Waals surface area (Å²) in [6.45, 7) is 4.78. The molecule has 0 aromatic heterocycles. The second kappa shape index (κ2) is 11.1. The molecule has 0 fully saturated rings. The highest BCUT2D eigenvalue weighted by atomic mass is 32.2. The summed E-state index contributed by atoms with van der Waals surface area (Å²) in [5, 5.41) is 2.65.